The molecule has 2 bridgehead atoms. The van der Waals surface area contributed by atoms with Crippen LogP contribution in [0.3, 0.4) is 0 Å². The van der Waals surface area contributed by atoms with E-state index < -0.39 is 11.6 Å². The summed E-state index contributed by atoms with van der Waals surface area (Å²) in [5, 5.41) is 5.23. The molecule has 0 aliphatic carbocycles. The molecule has 1 N–H and O–H groups in total. The van der Waals surface area contributed by atoms with E-state index >= 15 is 4.39 Å². The predicted molar refractivity (Wildman–Crippen MR) is 190 cm³/mol. The third-order valence-corrected chi connectivity index (χ3v) is 11.5. The second kappa shape index (κ2) is 12.4. The lowest BCUT2D eigenvalue weighted by Crippen LogP contribution is -2.51. The normalized spacial score (nSPS) is 25.7. The van der Waals surface area contributed by atoms with Gasteiger partial charge in [-0.05, 0) is 50.0 Å². The molecule has 4 aromatic rings. The highest BCUT2D eigenvalue weighted by Gasteiger charge is 2.51. The fraction of sp³-hybridized carbons (Fsp3) is 0.436. The molecule has 51 heavy (non-hydrogen) atoms. The largest absolute Gasteiger partial charge is 0.461 e. The van der Waals surface area contributed by atoms with E-state index in [2.05, 4.69) is 32.6 Å². The van der Waals surface area contributed by atoms with Crippen LogP contribution in [-0.4, -0.2) is 100 Å². The molecule has 5 aliphatic heterocycles. The van der Waals surface area contributed by atoms with Crippen LogP contribution in [0.1, 0.15) is 44.1 Å². The highest BCUT2D eigenvalue weighted by atomic mass is 19.1. The van der Waals surface area contributed by atoms with Gasteiger partial charge in [-0.3, -0.25) is 9.88 Å². The zero-order valence-electron chi connectivity index (χ0n) is 28.3. The fourth-order valence-corrected chi connectivity index (χ4v) is 8.88. The lowest BCUT2D eigenvalue weighted by atomic mass is 9.94. The van der Waals surface area contributed by atoms with E-state index in [1.54, 1.807) is 29.3 Å². The molecule has 0 unspecified atom stereocenters. The van der Waals surface area contributed by atoms with Gasteiger partial charge in [0.15, 0.2) is 5.82 Å². The Morgan fingerprint density at radius 2 is 1.94 bits per heavy atom. The van der Waals surface area contributed by atoms with Crippen molar-refractivity contribution in [2.45, 2.75) is 62.2 Å². The molecule has 0 radical (unpaired) electrons. The number of ether oxygens (including phenoxy) is 2. The van der Waals surface area contributed by atoms with Gasteiger partial charge in [0.05, 0.1) is 16.5 Å². The number of benzene rings is 2. The molecule has 4 atom stereocenters. The minimum Gasteiger partial charge on any atom is -0.461 e. The Kier molecular flexibility index (Phi) is 7.81. The number of fused-ring (bicyclic) bond motifs is 5. The van der Waals surface area contributed by atoms with Gasteiger partial charge in [-0.25, -0.2) is 13.6 Å². The third kappa shape index (κ3) is 5.45. The summed E-state index contributed by atoms with van der Waals surface area (Å²) in [4.78, 5) is 32.9. The van der Waals surface area contributed by atoms with Crippen molar-refractivity contribution in [1.29, 1.82) is 0 Å². The maximum Gasteiger partial charge on any atom is 0.409 e. The number of hydrogen-bond donors (Lipinski definition) is 1. The third-order valence-electron chi connectivity index (χ3n) is 11.5. The molecule has 9 rings (SSSR count). The first-order chi connectivity index (χ1) is 24.8. The van der Waals surface area contributed by atoms with Crippen molar-refractivity contribution < 1.29 is 23.0 Å². The number of halogens is 2. The lowest BCUT2D eigenvalue weighted by molar-refractivity contribution is 0.0368. The first-order valence-electron chi connectivity index (χ1n) is 17.8. The van der Waals surface area contributed by atoms with Gasteiger partial charge in [0.1, 0.15) is 36.1 Å². The summed E-state index contributed by atoms with van der Waals surface area (Å²) in [5.41, 5.74) is 1.27. The molecule has 5 saturated heterocycles. The van der Waals surface area contributed by atoms with Crippen LogP contribution in [-0.2, 0) is 4.74 Å². The smallest absolute Gasteiger partial charge is 0.409 e. The number of carbonyl (C=O) groups excluding carboxylic acids is 1. The number of rotatable bonds is 7. The minimum absolute atomic E-state index is 0.0226. The Hall–Kier alpha value is -4.86. The average molecular weight is 692 g/mol. The van der Waals surface area contributed by atoms with Crippen molar-refractivity contribution in [1.82, 2.24) is 30.1 Å². The molecule has 10 nitrogen and oxygen atoms in total. The number of pyridine rings is 1. The van der Waals surface area contributed by atoms with Crippen molar-refractivity contribution >= 4 is 33.6 Å². The molecule has 262 valence electrons. The van der Waals surface area contributed by atoms with Gasteiger partial charge in [0, 0.05) is 68.0 Å². The first-order valence-corrected chi connectivity index (χ1v) is 17.8. The summed E-state index contributed by atoms with van der Waals surface area (Å²) in [6.07, 6.45) is 12.7. The number of terminal acetylenes is 1. The van der Waals surface area contributed by atoms with E-state index in [1.165, 1.54) is 6.07 Å². The van der Waals surface area contributed by atoms with Crippen LogP contribution in [0.25, 0.3) is 32.9 Å². The Labute approximate surface area is 294 Å². The summed E-state index contributed by atoms with van der Waals surface area (Å²) in [5.74, 6) is 1.82. The molecule has 1 amide bonds. The summed E-state index contributed by atoms with van der Waals surface area (Å²) in [6.45, 7) is 8.49. The van der Waals surface area contributed by atoms with Crippen LogP contribution in [0.2, 0.25) is 0 Å². The zero-order valence-corrected chi connectivity index (χ0v) is 28.3. The predicted octanol–water partition coefficient (Wildman–Crippen LogP) is 5.43. The van der Waals surface area contributed by atoms with Crippen LogP contribution in [0.15, 0.2) is 48.7 Å². The van der Waals surface area contributed by atoms with Crippen molar-refractivity contribution in [2.75, 3.05) is 50.8 Å². The second-order valence-electron chi connectivity index (χ2n) is 14.7. The molecule has 2 aromatic heterocycles. The number of hydrogen-bond acceptors (Lipinski definition) is 9. The summed E-state index contributed by atoms with van der Waals surface area (Å²) in [6, 6.07) is 8.98. The van der Waals surface area contributed by atoms with Gasteiger partial charge in [-0.1, -0.05) is 42.3 Å². The maximum atomic E-state index is 17.0. The highest BCUT2D eigenvalue weighted by Crippen LogP contribution is 2.45. The molecule has 0 saturated carbocycles. The number of amides is 1. The zero-order chi connectivity index (χ0) is 34.9. The Morgan fingerprint density at radius 1 is 1.12 bits per heavy atom. The van der Waals surface area contributed by atoms with Crippen molar-refractivity contribution in [2.24, 2.45) is 0 Å². The van der Waals surface area contributed by atoms with Gasteiger partial charge in [-0.2, -0.15) is 9.97 Å². The van der Waals surface area contributed by atoms with Gasteiger partial charge >= 0.3 is 12.1 Å². The van der Waals surface area contributed by atoms with E-state index in [9.17, 15) is 9.18 Å². The number of piperazine rings is 1. The van der Waals surface area contributed by atoms with Crippen LogP contribution < -0.4 is 15.0 Å². The molecule has 5 fully saturated rings. The topological polar surface area (TPSA) is 96.0 Å². The maximum absolute atomic E-state index is 17.0. The van der Waals surface area contributed by atoms with Crippen molar-refractivity contribution in [3.05, 3.63) is 65.9 Å². The average Bonchev–Trinajstić information content (AvgIpc) is 3.74. The lowest BCUT2D eigenvalue weighted by Gasteiger charge is -2.35. The Morgan fingerprint density at radius 3 is 2.71 bits per heavy atom. The van der Waals surface area contributed by atoms with Crippen molar-refractivity contribution in [3.63, 3.8) is 0 Å². The van der Waals surface area contributed by atoms with Gasteiger partial charge in [0.25, 0.3) is 0 Å². The SMILES string of the molecule is C#Cc1c(F)ccc2cccc(-c3ncc4c(N5C[C@H]6CC[C@@H](C5)N6)nc(OC[C@@]56CC[C@@H](COC(=O)N7CCC7)N5CC(=C)C6)nc4c3F)c12. The van der Waals surface area contributed by atoms with E-state index in [0.29, 0.717) is 52.8 Å². The molecule has 7 heterocycles. The van der Waals surface area contributed by atoms with Crippen LogP contribution >= 0.6 is 0 Å². The fourth-order valence-electron chi connectivity index (χ4n) is 8.88. The van der Waals surface area contributed by atoms with Crippen LogP contribution in [0, 0.1) is 24.0 Å². The number of likely N-dealkylation sites (tertiary alicyclic amines) is 1. The van der Waals surface area contributed by atoms with E-state index in [1.807, 2.05) is 6.07 Å². The van der Waals surface area contributed by atoms with Gasteiger partial charge in [0.2, 0.25) is 0 Å². The molecule has 0 spiro atoms. The number of nitrogens with zero attached hydrogens (tertiary/aromatic N) is 6. The molecular formula is C39H39F2N7O3. The molecule has 12 heteroatoms. The van der Waals surface area contributed by atoms with Gasteiger partial charge in [-0.15, -0.1) is 6.42 Å². The van der Waals surface area contributed by atoms with Crippen LogP contribution in [0.5, 0.6) is 6.01 Å². The highest BCUT2D eigenvalue weighted by molar-refractivity contribution is 6.02. The standard InChI is InChI=1S/C39H39F2N7O3/c1-3-28-31(40)11-8-24-6-4-7-29(32(24)28)34-33(41)35-30(17-42-34)36(47-19-25-9-10-26(20-47)43-25)45-37(44-35)51-22-39-13-12-27(48(39)18-23(2)16-39)21-50-38(49)46-14-5-15-46/h1,4,6-8,11,17,25-27,43H,2,5,9-10,12-16,18-22H2/t25-,26+,27-,39-/m0/s1. The Balaban J connectivity index is 1.08. The second-order valence-corrected chi connectivity index (χ2v) is 14.7. The van der Waals surface area contributed by atoms with E-state index in [4.69, 9.17) is 25.9 Å². The minimum atomic E-state index is -0.655. The molecule has 2 aromatic carbocycles. The first kappa shape index (κ1) is 32.1. The summed E-state index contributed by atoms with van der Waals surface area (Å²) < 4.78 is 44.0. The number of anilines is 1. The monoisotopic (exact) mass is 691 g/mol. The molecule has 5 aliphatic rings. The number of carbonyl (C=O) groups is 1. The van der Waals surface area contributed by atoms with Gasteiger partial charge < -0.3 is 24.6 Å². The Bertz CT molecular complexity index is 2120. The quantitative estimate of drug-likeness (QED) is 0.201. The molecular weight excluding hydrogens is 652 g/mol. The number of nitrogens with one attached hydrogen (secondary N) is 1. The van der Waals surface area contributed by atoms with E-state index in [0.717, 1.165) is 70.3 Å². The summed E-state index contributed by atoms with van der Waals surface area (Å²) in [7, 11) is 0. The van der Waals surface area contributed by atoms with Crippen molar-refractivity contribution in [3.8, 4) is 29.6 Å². The number of aromatic nitrogens is 3. The van der Waals surface area contributed by atoms with Crippen LogP contribution in [0.4, 0.5) is 19.4 Å². The summed E-state index contributed by atoms with van der Waals surface area (Å²) >= 11 is 0. The van der Waals surface area contributed by atoms with E-state index in [-0.39, 0.29) is 47.1 Å².